The Hall–Kier alpha value is -3.45. The first-order chi connectivity index (χ1) is 16.6. The van der Waals surface area contributed by atoms with E-state index >= 15 is 0 Å². The number of phenolic OH excluding ortho intramolecular Hbond substituents is 1. The molecular weight excluding hydrogens is 492 g/mol. The van der Waals surface area contributed by atoms with Gasteiger partial charge in [0.05, 0.1) is 18.5 Å². The number of hydrogen-bond donors (Lipinski definition) is 6. The molecule has 200 valence electrons. The Labute approximate surface area is 210 Å². The molecular formula is C23H34N4O8S. The fourth-order valence-electron chi connectivity index (χ4n) is 3.04. The smallest absolute Gasteiger partial charge is 0.305 e. The van der Waals surface area contributed by atoms with Gasteiger partial charge in [0, 0.05) is 11.7 Å². The molecule has 0 fully saturated rings. The molecule has 0 saturated carbocycles. The normalized spacial score (nSPS) is 15.1. The Bertz CT molecular complexity index is 1070. The van der Waals surface area contributed by atoms with Crippen LogP contribution in [0.5, 0.6) is 5.75 Å². The number of carbonyl (C=O) groups excluding carboxylic acids is 3. The Morgan fingerprint density at radius 1 is 0.972 bits per heavy atom. The zero-order valence-electron chi connectivity index (χ0n) is 20.6. The fourth-order valence-corrected chi connectivity index (χ4v) is 3.52. The molecule has 0 spiro atoms. The van der Waals surface area contributed by atoms with Crippen LogP contribution in [0.4, 0.5) is 0 Å². The fraction of sp³-hybridized carbons (Fsp3) is 0.478. The molecule has 13 heteroatoms. The van der Waals surface area contributed by atoms with Crippen LogP contribution in [0, 0.1) is 5.92 Å². The van der Waals surface area contributed by atoms with E-state index in [0.29, 0.717) is 5.56 Å². The molecule has 12 nitrogen and oxygen atoms in total. The third-order valence-electron chi connectivity index (χ3n) is 5.01. The second kappa shape index (κ2) is 13.6. The van der Waals surface area contributed by atoms with Crippen molar-refractivity contribution >= 4 is 33.5 Å². The maximum absolute atomic E-state index is 12.8. The van der Waals surface area contributed by atoms with E-state index in [4.69, 9.17) is 10.8 Å². The lowest BCUT2D eigenvalue weighted by Gasteiger charge is -2.25. The summed E-state index contributed by atoms with van der Waals surface area (Å²) in [6, 6.07) is 1.95. The van der Waals surface area contributed by atoms with Gasteiger partial charge in [0.15, 0.2) is 9.84 Å². The molecule has 0 aromatic heterocycles. The Kier molecular flexibility index (Phi) is 11.5. The number of nitrogens with one attached hydrogen (secondary N) is 3. The Morgan fingerprint density at radius 2 is 1.56 bits per heavy atom. The van der Waals surface area contributed by atoms with Gasteiger partial charge >= 0.3 is 5.97 Å². The van der Waals surface area contributed by atoms with E-state index in [1.165, 1.54) is 19.1 Å². The minimum absolute atomic E-state index is 0.0761. The Balaban J connectivity index is 2.80. The molecule has 1 rings (SSSR count). The quantitative estimate of drug-likeness (QED) is 0.194. The first-order valence-corrected chi connectivity index (χ1v) is 13.1. The van der Waals surface area contributed by atoms with Crippen molar-refractivity contribution in [1.82, 2.24) is 16.0 Å². The van der Waals surface area contributed by atoms with E-state index in [9.17, 15) is 32.7 Å². The molecule has 1 aromatic rings. The number of sulfone groups is 1. The average molecular weight is 527 g/mol. The van der Waals surface area contributed by atoms with Gasteiger partial charge in [-0.05, 0) is 37.0 Å². The average Bonchev–Trinajstić information content (AvgIpc) is 2.75. The number of hydrogen-bond acceptors (Lipinski definition) is 8. The highest BCUT2D eigenvalue weighted by Gasteiger charge is 2.29. The number of carbonyl (C=O) groups is 4. The summed E-state index contributed by atoms with van der Waals surface area (Å²) in [7, 11) is -3.55. The van der Waals surface area contributed by atoms with Gasteiger partial charge in [0.1, 0.15) is 17.8 Å². The van der Waals surface area contributed by atoms with Crippen LogP contribution in [-0.4, -0.2) is 72.7 Å². The highest BCUT2D eigenvalue weighted by molar-refractivity contribution is 7.93. The number of amides is 3. The van der Waals surface area contributed by atoms with Crippen molar-refractivity contribution in [2.24, 2.45) is 11.7 Å². The number of phenols is 1. The first kappa shape index (κ1) is 30.6. The molecule has 7 N–H and O–H groups in total. The van der Waals surface area contributed by atoms with Crippen LogP contribution in [0.2, 0.25) is 0 Å². The monoisotopic (exact) mass is 526 g/mol. The molecule has 4 atom stereocenters. The van der Waals surface area contributed by atoms with Crippen molar-refractivity contribution in [2.75, 3.05) is 6.26 Å². The summed E-state index contributed by atoms with van der Waals surface area (Å²) in [5.41, 5.74) is 6.69. The van der Waals surface area contributed by atoms with Gasteiger partial charge in [-0.15, -0.1) is 0 Å². The van der Waals surface area contributed by atoms with Crippen LogP contribution in [0.1, 0.15) is 32.8 Å². The van der Waals surface area contributed by atoms with E-state index in [1.807, 2.05) is 0 Å². The van der Waals surface area contributed by atoms with Crippen LogP contribution in [0.25, 0.3) is 0 Å². The molecule has 1 unspecified atom stereocenters. The lowest BCUT2D eigenvalue weighted by Crippen LogP contribution is -2.57. The van der Waals surface area contributed by atoms with Crippen LogP contribution < -0.4 is 21.7 Å². The van der Waals surface area contributed by atoms with Crippen LogP contribution in [-0.2, 0) is 35.4 Å². The predicted octanol–water partition coefficient (Wildman–Crippen LogP) is -0.575. The molecule has 0 aliphatic heterocycles. The third kappa shape index (κ3) is 11.3. The summed E-state index contributed by atoms with van der Waals surface area (Å²) in [6.45, 7) is 4.75. The SMILES string of the molecule is CC(C)C(NC(=O)[C@@H](N)Cc1ccc(O)cc1)C(=O)N[C@@H](C)C(=O)N[C@H](/C=C/S(C)(=O)=O)CC(=O)O. The molecule has 0 bridgehead atoms. The van der Waals surface area contributed by atoms with Gasteiger partial charge in [0.2, 0.25) is 17.7 Å². The van der Waals surface area contributed by atoms with Crippen LogP contribution in [0.15, 0.2) is 35.7 Å². The predicted molar refractivity (Wildman–Crippen MR) is 132 cm³/mol. The highest BCUT2D eigenvalue weighted by atomic mass is 32.2. The van der Waals surface area contributed by atoms with Crippen molar-refractivity contribution in [3.8, 4) is 5.75 Å². The number of carboxylic acids is 1. The second-order valence-corrected chi connectivity index (χ2v) is 10.7. The van der Waals surface area contributed by atoms with Crippen molar-refractivity contribution in [3.05, 3.63) is 41.3 Å². The molecule has 0 heterocycles. The minimum atomic E-state index is -3.55. The summed E-state index contributed by atoms with van der Waals surface area (Å²) < 4.78 is 22.6. The van der Waals surface area contributed by atoms with E-state index in [1.54, 1.807) is 26.0 Å². The number of aliphatic carboxylic acids is 1. The number of nitrogens with two attached hydrogens (primary N) is 1. The number of aromatic hydroxyl groups is 1. The Morgan fingerprint density at radius 3 is 2.06 bits per heavy atom. The molecule has 36 heavy (non-hydrogen) atoms. The van der Waals surface area contributed by atoms with Crippen molar-refractivity contribution in [2.45, 2.75) is 57.8 Å². The highest BCUT2D eigenvalue weighted by Crippen LogP contribution is 2.11. The zero-order valence-corrected chi connectivity index (χ0v) is 21.4. The van der Waals surface area contributed by atoms with E-state index < -0.39 is 64.1 Å². The molecule has 0 radical (unpaired) electrons. The molecule has 1 aromatic carbocycles. The summed E-state index contributed by atoms with van der Waals surface area (Å²) in [6.07, 6.45) is 1.57. The summed E-state index contributed by atoms with van der Waals surface area (Å²) in [5, 5.41) is 26.6. The van der Waals surface area contributed by atoms with Gasteiger partial charge in [-0.2, -0.15) is 0 Å². The first-order valence-electron chi connectivity index (χ1n) is 11.1. The lowest BCUT2D eigenvalue weighted by atomic mass is 10.0. The van der Waals surface area contributed by atoms with Gasteiger partial charge in [0.25, 0.3) is 0 Å². The summed E-state index contributed by atoms with van der Waals surface area (Å²) in [4.78, 5) is 49.0. The summed E-state index contributed by atoms with van der Waals surface area (Å²) in [5.74, 6) is -3.53. The minimum Gasteiger partial charge on any atom is -0.508 e. The molecule has 0 aliphatic carbocycles. The van der Waals surface area contributed by atoms with Crippen molar-refractivity contribution in [1.29, 1.82) is 0 Å². The number of benzene rings is 1. The maximum Gasteiger partial charge on any atom is 0.305 e. The topological polar surface area (TPSA) is 205 Å². The molecule has 3 amide bonds. The second-order valence-electron chi connectivity index (χ2n) is 8.81. The standard InChI is InChI=1S/C23H34N4O8S/c1-13(2)20(27-22(32)18(24)11-15-5-7-17(28)8-6-15)23(33)25-14(3)21(31)26-16(12-19(29)30)9-10-36(4,34)35/h5-10,13-14,16,18,20,28H,11-12,24H2,1-4H3,(H,25,33)(H,26,31)(H,27,32)(H,29,30)/b10-9+/t14-,16+,18-,20?/m0/s1. The lowest BCUT2D eigenvalue weighted by molar-refractivity contribution is -0.137. The van der Waals surface area contributed by atoms with Gasteiger partial charge < -0.3 is 31.9 Å². The van der Waals surface area contributed by atoms with Gasteiger partial charge in [-0.1, -0.05) is 32.1 Å². The maximum atomic E-state index is 12.8. The van der Waals surface area contributed by atoms with Gasteiger partial charge in [-0.25, -0.2) is 8.42 Å². The van der Waals surface area contributed by atoms with E-state index in [-0.39, 0.29) is 18.1 Å². The summed E-state index contributed by atoms with van der Waals surface area (Å²) >= 11 is 0. The number of carboxylic acid groups (broad SMARTS) is 1. The van der Waals surface area contributed by atoms with E-state index in [2.05, 4.69) is 16.0 Å². The largest absolute Gasteiger partial charge is 0.508 e. The van der Waals surface area contributed by atoms with Gasteiger partial charge in [-0.3, -0.25) is 19.2 Å². The van der Waals surface area contributed by atoms with Crippen molar-refractivity contribution in [3.63, 3.8) is 0 Å². The van der Waals surface area contributed by atoms with Crippen LogP contribution >= 0.6 is 0 Å². The van der Waals surface area contributed by atoms with Crippen molar-refractivity contribution < 1.29 is 37.8 Å². The van der Waals surface area contributed by atoms with E-state index in [0.717, 1.165) is 17.7 Å². The molecule has 0 saturated heterocycles. The van der Waals surface area contributed by atoms with Crippen LogP contribution in [0.3, 0.4) is 0 Å². The third-order valence-corrected chi connectivity index (χ3v) is 5.66. The molecule has 0 aliphatic rings. The number of rotatable bonds is 13. The zero-order chi connectivity index (χ0) is 27.6.